The van der Waals surface area contributed by atoms with Crippen LogP contribution in [0, 0.1) is 5.92 Å². The molecule has 8 nitrogen and oxygen atoms in total. The van der Waals surface area contributed by atoms with Crippen molar-refractivity contribution in [3.8, 4) is 11.3 Å². The number of nitrogen functional groups attached to an aromatic ring is 1. The van der Waals surface area contributed by atoms with Crippen LogP contribution in [0.5, 0.6) is 0 Å². The lowest BCUT2D eigenvalue weighted by Crippen LogP contribution is -2.37. The number of hydrogen-bond acceptors (Lipinski definition) is 8. The predicted octanol–water partition coefficient (Wildman–Crippen LogP) is 2.72. The van der Waals surface area contributed by atoms with E-state index in [2.05, 4.69) is 15.0 Å². The number of hydrogen-bond donors (Lipinski definition) is 1. The van der Waals surface area contributed by atoms with Crippen molar-refractivity contribution in [1.29, 1.82) is 0 Å². The molecule has 1 fully saturated rings. The SMILES string of the molecule is CC(C)C(c1cc(-c2cnc(N)cc2C(F)(F)F)nc(N2CCOCC2)n1)S(C)(=O)=O. The molecule has 1 atom stereocenters. The van der Waals surface area contributed by atoms with Crippen LogP contribution in [0.4, 0.5) is 24.9 Å². The zero-order valence-corrected chi connectivity index (χ0v) is 18.2. The highest BCUT2D eigenvalue weighted by atomic mass is 32.2. The minimum atomic E-state index is -4.70. The number of ether oxygens (including phenoxy) is 1. The molecule has 12 heteroatoms. The van der Waals surface area contributed by atoms with Crippen molar-refractivity contribution in [1.82, 2.24) is 15.0 Å². The summed E-state index contributed by atoms with van der Waals surface area (Å²) in [5.41, 5.74) is 4.25. The van der Waals surface area contributed by atoms with Crippen LogP contribution in [0.2, 0.25) is 0 Å². The third kappa shape index (κ3) is 5.24. The first-order valence-corrected chi connectivity index (χ1v) is 11.6. The number of nitrogens with two attached hydrogens (primary N) is 1. The molecule has 0 radical (unpaired) electrons. The van der Waals surface area contributed by atoms with Crippen LogP contribution in [-0.4, -0.2) is 55.9 Å². The van der Waals surface area contributed by atoms with Crippen LogP contribution in [0.15, 0.2) is 18.3 Å². The maximum Gasteiger partial charge on any atom is 0.417 e. The fraction of sp³-hybridized carbons (Fsp3) is 0.526. The van der Waals surface area contributed by atoms with Gasteiger partial charge in [-0.3, -0.25) is 0 Å². The van der Waals surface area contributed by atoms with Gasteiger partial charge in [0.25, 0.3) is 0 Å². The summed E-state index contributed by atoms with van der Waals surface area (Å²) >= 11 is 0. The van der Waals surface area contributed by atoms with Gasteiger partial charge in [0.1, 0.15) is 11.1 Å². The minimum Gasteiger partial charge on any atom is -0.384 e. The first-order valence-electron chi connectivity index (χ1n) is 9.61. The number of pyridine rings is 1. The molecule has 0 spiro atoms. The average molecular weight is 459 g/mol. The van der Waals surface area contributed by atoms with Crippen molar-refractivity contribution in [2.75, 3.05) is 43.2 Å². The monoisotopic (exact) mass is 459 g/mol. The fourth-order valence-electron chi connectivity index (χ4n) is 3.61. The van der Waals surface area contributed by atoms with E-state index in [4.69, 9.17) is 10.5 Å². The van der Waals surface area contributed by atoms with Gasteiger partial charge in [0.05, 0.1) is 30.2 Å². The highest BCUT2D eigenvalue weighted by Crippen LogP contribution is 2.39. The van der Waals surface area contributed by atoms with Gasteiger partial charge in [-0.25, -0.2) is 23.4 Å². The maximum absolute atomic E-state index is 13.7. The summed E-state index contributed by atoms with van der Waals surface area (Å²) in [6.07, 6.45) is -2.62. The molecule has 0 amide bonds. The highest BCUT2D eigenvalue weighted by Gasteiger charge is 2.36. The molecule has 31 heavy (non-hydrogen) atoms. The van der Waals surface area contributed by atoms with E-state index in [1.807, 2.05) is 0 Å². The highest BCUT2D eigenvalue weighted by molar-refractivity contribution is 7.90. The molecule has 1 unspecified atom stereocenters. The zero-order chi connectivity index (χ0) is 23.0. The summed E-state index contributed by atoms with van der Waals surface area (Å²) in [7, 11) is -3.60. The largest absolute Gasteiger partial charge is 0.417 e. The van der Waals surface area contributed by atoms with Crippen molar-refractivity contribution < 1.29 is 26.3 Å². The molecule has 2 aromatic rings. The second-order valence-corrected chi connectivity index (χ2v) is 9.89. The minimum absolute atomic E-state index is 0.0689. The third-order valence-electron chi connectivity index (χ3n) is 4.89. The lowest BCUT2D eigenvalue weighted by Gasteiger charge is -2.28. The Morgan fingerprint density at radius 1 is 1.16 bits per heavy atom. The number of rotatable bonds is 5. The molecule has 170 valence electrons. The van der Waals surface area contributed by atoms with Gasteiger partial charge >= 0.3 is 6.18 Å². The lowest BCUT2D eigenvalue weighted by atomic mass is 10.0. The van der Waals surface area contributed by atoms with Gasteiger partial charge in [0, 0.05) is 31.1 Å². The Labute approximate surface area is 178 Å². The van der Waals surface area contributed by atoms with Crippen molar-refractivity contribution in [3.05, 3.63) is 29.6 Å². The van der Waals surface area contributed by atoms with E-state index in [1.165, 1.54) is 6.07 Å². The Hall–Kier alpha value is -2.47. The number of halogens is 3. The summed E-state index contributed by atoms with van der Waals surface area (Å²) in [5, 5.41) is -1.01. The lowest BCUT2D eigenvalue weighted by molar-refractivity contribution is -0.137. The number of morpholine rings is 1. The molecular formula is C19H24F3N5O3S. The summed E-state index contributed by atoms with van der Waals surface area (Å²) < 4.78 is 71.4. The molecule has 0 bridgehead atoms. The Morgan fingerprint density at radius 2 is 1.81 bits per heavy atom. The molecule has 0 saturated carbocycles. The summed E-state index contributed by atoms with van der Waals surface area (Å²) in [4.78, 5) is 14.3. The molecule has 1 aliphatic heterocycles. The van der Waals surface area contributed by atoms with Crippen LogP contribution in [0.3, 0.4) is 0 Å². The molecule has 3 rings (SSSR count). The van der Waals surface area contributed by atoms with Crippen LogP contribution < -0.4 is 10.6 Å². The maximum atomic E-state index is 13.7. The Bertz CT molecular complexity index is 1050. The molecule has 1 saturated heterocycles. The van der Waals surface area contributed by atoms with Crippen LogP contribution in [0.1, 0.15) is 30.4 Å². The number of aromatic nitrogens is 3. The third-order valence-corrected chi connectivity index (χ3v) is 6.60. The van der Waals surface area contributed by atoms with E-state index in [0.717, 1.165) is 18.5 Å². The number of nitrogens with zero attached hydrogens (tertiary/aromatic N) is 4. The van der Waals surface area contributed by atoms with Gasteiger partial charge < -0.3 is 15.4 Å². The standard InChI is InChI=1S/C19H24F3N5O3S/c1-11(2)17(31(3,28)29)15-9-14(25-18(26-15)27-4-6-30-7-5-27)12-10-24-16(23)8-13(12)19(20,21)22/h8-11,17H,4-7H2,1-3H3,(H2,23,24). The number of sulfone groups is 1. The van der Waals surface area contributed by atoms with Crippen molar-refractivity contribution in [3.63, 3.8) is 0 Å². The van der Waals surface area contributed by atoms with E-state index in [9.17, 15) is 21.6 Å². The van der Waals surface area contributed by atoms with Crippen LogP contribution in [0.25, 0.3) is 11.3 Å². The molecule has 0 aromatic carbocycles. The van der Waals surface area contributed by atoms with Gasteiger partial charge in [-0.15, -0.1) is 0 Å². The summed E-state index contributed by atoms with van der Waals surface area (Å²) in [5.74, 6) is -0.494. The van der Waals surface area contributed by atoms with Gasteiger partial charge in [-0.1, -0.05) is 13.8 Å². The number of anilines is 2. The van der Waals surface area contributed by atoms with Crippen molar-refractivity contribution in [2.45, 2.75) is 25.3 Å². The quantitative estimate of drug-likeness (QED) is 0.727. The van der Waals surface area contributed by atoms with Crippen molar-refractivity contribution in [2.24, 2.45) is 5.92 Å². The van der Waals surface area contributed by atoms with Gasteiger partial charge in [-0.05, 0) is 18.1 Å². The van der Waals surface area contributed by atoms with Gasteiger partial charge in [0.2, 0.25) is 5.95 Å². The smallest absolute Gasteiger partial charge is 0.384 e. The molecular weight excluding hydrogens is 435 g/mol. The molecule has 0 aliphatic carbocycles. The van der Waals surface area contributed by atoms with Crippen LogP contribution >= 0.6 is 0 Å². The molecule has 3 heterocycles. The van der Waals surface area contributed by atoms with E-state index >= 15 is 0 Å². The van der Waals surface area contributed by atoms with Crippen LogP contribution in [-0.2, 0) is 20.8 Å². The van der Waals surface area contributed by atoms with E-state index in [-0.39, 0.29) is 34.6 Å². The first kappa shape index (κ1) is 23.2. The zero-order valence-electron chi connectivity index (χ0n) is 17.3. The van der Waals surface area contributed by atoms with E-state index < -0.39 is 26.8 Å². The molecule has 2 aromatic heterocycles. The molecule has 2 N–H and O–H groups in total. The average Bonchev–Trinajstić information content (AvgIpc) is 2.66. The first-order chi connectivity index (χ1) is 14.4. The Morgan fingerprint density at radius 3 is 2.35 bits per heavy atom. The molecule has 1 aliphatic rings. The van der Waals surface area contributed by atoms with Crippen molar-refractivity contribution >= 4 is 21.6 Å². The van der Waals surface area contributed by atoms with E-state index in [1.54, 1.807) is 18.7 Å². The predicted molar refractivity (Wildman–Crippen MR) is 110 cm³/mol. The Balaban J connectivity index is 2.26. The Kier molecular flexibility index (Phi) is 6.42. The second-order valence-electron chi connectivity index (χ2n) is 7.72. The topological polar surface area (TPSA) is 111 Å². The number of alkyl halides is 3. The van der Waals surface area contributed by atoms with Gasteiger partial charge in [0.15, 0.2) is 9.84 Å². The fourth-order valence-corrected chi connectivity index (χ4v) is 5.15. The second kappa shape index (κ2) is 8.58. The summed E-state index contributed by atoms with van der Waals surface area (Å²) in [6, 6.07) is 2.03. The van der Waals surface area contributed by atoms with Gasteiger partial charge in [-0.2, -0.15) is 13.2 Å². The normalized spacial score (nSPS) is 16.5. The van der Waals surface area contributed by atoms with E-state index in [0.29, 0.717) is 26.3 Å². The summed E-state index contributed by atoms with van der Waals surface area (Å²) in [6.45, 7) is 5.10.